The van der Waals surface area contributed by atoms with Crippen molar-refractivity contribution in [2.24, 2.45) is 17.2 Å². The van der Waals surface area contributed by atoms with Gasteiger partial charge in [0.05, 0.1) is 18.0 Å². The Bertz CT molecular complexity index is 591. The highest BCUT2D eigenvalue weighted by molar-refractivity contribution is 7.98. The van der Waals surface area contributed by atoms with Crippen LogP contribution in [0.2, 0.25) is 0 Å². The molecule has 9 N–H and O–H groups in total. The molecule has 12 heteroatoms. The largest absolute Gasteiger partial charge is 0.480 e. The fourth-order valence-electron chi connectivity index (χ4n) is 2.28. The molecule has 0 rings (SSSR count). The second-order valence-electron chi connectivity index (χ2n) is 6.52. The Morgan fingerprint density at radius 3 is 2.26 bits per heavy atom. The topological polar surface area (TPSA) is 199 Å². The summed E-state index contributed by atoms with van der Waals surface area (Å²) in [5.41, 5.74) is 15.3. The summed E-state index contributed by atoms with van der Waals surface area (Å²) in [6.45, 7) is 3.08. The molecule has 0 radical (unpaired) electrons. The summed E-state index contributed by atoms with van der Waals surface area (Å²) >= 11 is 1.36. The summed E-state index contributed by atoms with van der Waals surface area (Å²) in [5.74, 6) is -4.07. The van der Waals surface area contributed by atoms with Crippen LogP contribution < -0.4 is 22.5 Å². The number of thioether (sulfide) groups is 1. The van der Waals surface area contributed by atoms with E-state index >= 15 is 0 Å². The first kappa shape index (κ1) is 26.0. The molecule has 0 aromatic heterocycles. The number of nitrogens with two attached hydrogens (primary N) is 3. The van der Waals surface area contributed by atoms with Crippen LogP contribution in [-0.4, -0.2) is 69.2 Å². The van der Waals surface area contributed by atoms with Crippen molar-refractivity contribution >= 4 is 36.8 Å². The Morgan fingerprint density at radius 1 is 1.30 bits per heavy atom. The molecule has 158 valence electrons. The zero-order valence-corrected chi connectivity index (χ0v) is 17.6. The van der Waals surface area contributed by atoms with Gasteiger partial charge in [0, 0.05) is 0 Å². The van der Waals surface area contributed by atoms with Crippen molar-refractivity contribution in [2.45, 2.75) is 56.5 Å². The molecule has 1 amide bonds. The molecule has 0 aliphatic carbocycles. The van der Waals surface area contributed by atoms with E-state index in [0.29, 0.717) is 18.6 Å². The lowest BCUT2D eigenvalue weighted by atomic mass is 9.85. The van der Waals surface area contributed by atoms with E-state index in [1.54, 1.807) is 6.26 Å². The highest BCUT2D eigenvalue weighted by Gasteiger charge is 2.45. The van der Waals surface area contributed by atoms with Gasteiger partial charge in [-0.2, -0.15) is 11.8 Å². The molecule has 3 unspecified atom stereocenters. The van der Waals surface area contributed by atoms with Gasteiger partial charge in [0.15, 0.2) is 11.3 Å². The number of aliphatic carboxylic acids is 1. The van der Waals surface area contributed by atoms with E-state index in [1.807, 2.05) is 6.92 Å². The highest BCUT2D eigenvalue weighted by Crippen LogP contribution is 2.44. The highest BCUT2D eigenvalue weighted by atomic mass is 32.2. The van der Waals surface area contributed by atoms with Crippen molar-refractivity contribution < 1.29 is 28.9 Å². The summed E-state index contributed by atoms with van der Waals surface area (Å²) in [6.07, 6.45) is 1.86. The van der Waals surface area contributed by atoms with Crippen molar-refractivity contribution in [3.8, 4) is 0 Å². The number of hydrogen-bond donors (Lipinski definition) is 6. The summed E-state index contributed by atoms with van der Waals surface area (Å²) in [7, 11) is -4.03. The molecular formula is C15H31N4O6PS. The second-order valence-corrected chi connectivity index (χ2v) is 10.2. The van der Waals surface area contributed by atoms with Crippen molar-refractivity contribution in [1.82, 2.24) is 5.32 Å². The van der Waals surface area contributed by atoms with Crippen LogP contribution in [0.4, 0.5) is 0 Å². The summed E-state index contributed by atoms with van der Waals surface area (Å²) < 4.78 is 12.1. The number of carbonyl (C=O) groups is 3. The van der Waals surface area contributed by atoms with Gasteiger partial charge in [0.2, 0.25) is 13.3 Å². The first-order chi connectivity index (χ1) is 12.3. The number of amides is 1. The Morgan fingerprint density at radius 2 is 1.85 bits per heavy atom. The maximum absolute atomic E-state index is 12.7. The fraction of sp³-hybridized carbons (Fsp3) is 0.800. The van der Waals surface area contributed by atoms with Crippen molar-refractivity contribution in [1.29, 1.82) is 0 Å². The number of Topliss-reactive ketones (excluding diaryl/α,β-unsaturated/α-hetero) is 1. The summed E-state index contributed by atoms with van der Waals surface area (Å²) in [5, 5.41) is 11.4. The Balaban J connectivity index is 5.60. The Kier molecular flexibility index (Phi) is 10.7. The lowest BCUT2D eigenvalue weighted by Gasteiger charge is -2.31. The van der Waals surface area contributed by atoms with Crippen LogP contribution in [-0.2, 0) is 18.9 Å². The van der Waals surface area contributed by atoms with E-state index in [4.69, 9.17) is 17.2 Å². The molecule has 0 aliphatic heterocycles. The van der Waals surface area contributed by atoms with Gasteiger partial charge >= 0.3 is 5.97 Å². The number of nitrogens with one attached hydrogen (secondary N) is 1. The molecule has 5 atom stereocenters. The van der Waals surface area contributed by atoms with Gasteiger partial charge in [-0.1, -0.05) is 13.3 Å². The Labute approximate surface area is 163 Å². The lowest BCUT2D eigenvalue weighted by Crippen LogP contribution is -2.66. The zero-order valence-electron chi connectivity index (χ0n) is 15.9. The molecule has 0 aromatic rings. The van der Waals surface area contributed by atoms with E-state index in [9.17, 15) is 28.9 Å². The van der Waals surface area contributed by atoms with Crippen LogP contribution in [0, 0.1) is 0 Å². The van der Waals surface area contributed by atoms with Crippen LogP contribution in [0.3, 0.4) is 0 Å². The van der Waals surface area contributed by atoms with Gasteiger partial charge in [-0.15, -0.1) is 0 Å². The molecule has 10 nitrogen and oxygen atoms in total. The molecule has 0 saturated heterocycles. The third-order valence-electron chi connectivity index (χ3n) is 4.17. The normalized spacial score (nSPS) is 19.2. The smallest absolute Gasteiger partial charge is 0.326 e. The monoisotopic (exact) mass is 426 g/mol. The number of carboxylic acids is 1. The average molecular weight is 426 g/mol. The predicted octanol–water partition coefficient (Wildman–Crippen LogP) is -0.722. The third kappa shape index (κ3) is 7.52. The maximum atomic E-state index is 12.7. The van der Waals surface area contributed by atoms with E-state index in [0.717, 1.165) is 0 Å². The quantitative estimate of drug-likeness (QED) is 0.161. The van der Waals surface area contributed by atoms with Crippen molar-refractivity contribution in [3.63, 3.8) is 0 Å². The van der Waals surface area contributed by atoms with Crippen LogP contribution in [0.25, 0.3) is 0 Å². The van der Waals surface area contributed by atoms with E-state index in [2.05, 4.69) is 5.32 Å². The molecule has 0 fully saturated rings. The van der Waals surface area contributed by atoms with Crippen LogP contribution in [0.1, 0.15) is 33.1 Å². The minimum atomic E-state index is -4.03. The molecule has 0 saturated carbocycles. The van der Waals surface area contributed by atoms with Crippen molar-refractivity contribution in [3.05, 3.63) is 0 Å². The number of rotatable bonds is 13. The molecule has 0 aliphatic rings. The summed E-state index contributed by atoms with van der Waals surface area (Å²) in [4.78, 5) is 46.6. The van der Waals surface area contributed by atoms with Gasteiger partial charge in [-0.05, 0) is 31.8 Å². The molecule has 0 heterocycles. The van der Waals surface area contributed by atoms with Crippen molar-refractivity contribution in [2.75, 3.05) is 18.2 Å². The van der Waals surface area contributed by atoms with Gasteiger partial charge < -0.3 is 32.5 Å². The lowest BCUT2D eigenvalue weighted by molar-refractivity contribution is -0.144. The SMILES string of the molecule is CCC[C@H](N)C(=O)[C@](N)(CCSC)C(=O)NC(CP(=O)(O)C(C)N)C(=O)O. The van der Waals surface area contributed by atoms with Gasteiger partial charge in [0.1, 0.15) is 6.04 Å². The number of carboxylic acid groups (broad SMARTS) is 1. The number of ketones is 1. The van der Waals surface area contributed by atoms with E-state index in [1.165, 1.54) is 18.7 Å². The first-order valence-electron chi connectivity index (χ1n) is 8.52. The predicted molar refractivity (Wildman–Crippen MR) is 106 cm³/mol. The minimum absolute atomic E-state index is 0.0489. The fourth-order valence-corrected chi connectivity index (χ4v) is 3.91. The standard InChI is InChI=1S/C15H31N4O6PS/c1-4-5-10(17)12(20)15(18,6-7-27-3)14(23)19-11(13(21)22)8-26(24,25)9(2)16/h9-11H,4-8,16-18H2,1-3H3,(H,19,23)(H,21,22)(H,24,25)/t9?,10-,11?,15+/m0/s1. The average Bonchev–Trinajstić information content (AvgIpc) is 2.57. The Hall–Kier alpha value is -0.970. The van der Waals surface area contributed by atoms with E-state index in [-0.39, 0.29) is 6.42 Å². The maximum Gasteiger partial charge on any atom is 0.326 e. The first-order valence-corrected chi connectivity index (χ1v) is 11.8. The molecular weight excluding hydrogens is 395 g/mol. The molecule has 0 aromatic carbocycles. The molecule has 0 bridgehead atoms. The molecule has 27 heavy (non-hydrogen) atoms. The number of hydrogen-bond acceptors (Lipinski definition) is 8. The third-order valence-corrected chi connectivity index (χ3v) is 6.94. The van der Waals surface area contributed by atoms with Gasteiger partial charge in [0.25, 0.3) is 0 Å². The van der Waals surface area contributed by atoms with Crippen LogP contribution in [0.15, 0.2) is 0 Å². The van der Waals surface area contributed by atoms with Crippen LogP contribution in [0.5, 0.6) is 0 Å². The second kappa shape index (κ2) is 11.1. The van der Waals surface area contributed by atoms with Gasteiger partial charge in [-0.3, -0.25) is 14.2 Å². The summed E-state index contributed by atoms with van der Waals surface area (Å²) in [6, 6.07) is -2.68. The zero-order chi connectivity index (χ0) is 21.4. The van der Waals surface area contributed by atoms with E-state index < -0.39 is 54.6 Å². The number of carbonyl (C=O) groups excluding carboxylic acids is 2. The van der Waals surface area contributed by atoms with Gasteiger partial charge in [-0.25, -0.2) is 4.79 Å². The molecule has 0 spiro atoms. The van der Waals surface area contributed by atoms with Crippen LogP contribution >= 0.6 is 19.1 Å². The minimum Gasteiger partial charge on any atom is -0.480 e.